The Balaban J connectivity index is 2.05. The van der Waals surface area contributed by atoms with Gasteiger partial charge >= 0.3 is 0 Å². The lowest BCUT2D eigenvalue weighted by Crippen LogP contribution is -2.34. The maximum Gasteiger partial charge on any atom is 0.257 e. The quantitative estimate of drug-likeness (QED) is 0.668. The minimum Gasteiger partial charge on any atom is -0.331 e. The number of carbonyl (C=O) groups is 1. The van der Waals surface area contributed by atoms with Gasteiger partial charge in [0.25, 0.3) is 5.91 Å². The molecule has 2 rings (SSSR count). The van der Waals surface area contributed by atoms with E-state index in [0.29, 0.717) is 26.3 Å². The van der Waals surface area contributed by atoms with Crippen molar-refractivity contribution in [3.63, 3.8) is 0 Å². The topological polar surface area (TPSA) is 41.1 Å². The summed E-state index contributed by atoms with van der Waals surface area (Å²) in [6, 6.07) is 9.40. The molecular weight excluding hydrogens is 386 g/mol. The number of benzene rings is 2. The van der Waals surface area contributed by atoms with Crippen LogP contribution in [0.15, 0.2) is 36.4 Å². The molecule has 1 amide bonds. The lowest BCUT2D eigenvalue weighted by molar-refractivity contribution is 0.0978. The molecule has 3 nitrogen and oxygen atoms in total. The van der Waals surface area contributed by atoms with Gasteiger partial charge in [-0.2, -0.15) is 0 Å². The molecule has 0 aliphatic rings. The highest BCUT2D eigenvalue weighted by Crippen LogP contribution is 2.25. The lowest BCUT2D eigenvalue weighted by atomic mass is 10.2. The van der Waals surface area contributed by atoms with E-state index in [1.807, 2.05) is 0 Å². The number of carbonyl (C=O) groups excluding carboxylic acids is 1. The van der Waals surface area contributed by atoms with Crippen LogP contribution in [0.4, 0.5) is 5.69 Å². The molecule has 0 saturated carbocycles. The first-order valence-corrected chi connectivity index (χ1v) is 7.81. The Kier molecular flexibility index (Phi) is 5.89. The van der Waals surface area contributed by atoms with Crippen LogP contribution in [0.5, 0.6) is 0 Å². The van der Waals surface area contributed by atoms with E-state index >= 15 is 0 Å². The SMILES string of the molecule is O=C(NC(=S)Nc1ccc(Cl)cc1Cl)c1ccc(Cl)c(Cl)c1. The molecule has 0 aliphatic heterocycles. The predicted octanol–water partition coefficient (Wildman–Crippen LogP) is 5.43. The summed E-state index contributed by atoms with van der Waals surface area (Å²) in [7, 11) is 0. The fourth-order valence-corrected chi connectivity index (χ4v) is 2.51. The molecule has 0 aromatic heterocycles. The molecule has 0 atom stereocenters. The maximum atomic E-state index is 12.1. The Morgan fingerprint density at radius 3 is 2.27 bits per heavy atom. The van der Waals surface area contributed by atoms with Crippen LogP contribution in [-0.4, -0.2) is 11.0 Å². The van der Waals surface area contributed by atoms with Crippen molar-refractivity contribution >= 4 is 75.3 Å². The highest BCUT2D eigenvalue weighted by molar-refractivity contribution is 7.80. The van der Waals surface area contributed by atoms with Crippen LogP contribution in [0, 0.1) is 0 Å². The van der Waals surface area contributed by atoms with E-state index < -0.39 is 5.91 Å². The van der Waals surface area contributed by atoms with Crippen molar-refractivity contribution in [1.29, 1.82) is 0 Å². The Labute approximate surface area is 152 Å². The standard InChI is InChI=1S/C14H8Cl4N2OS/c15-8-2-4-12(11(18)6-8)19-14(22)20-13(21)7-1-3-9(16)10(17)5-7/h1-6H,(H2,19,20,21,22). The van der Waals surface area contributed by atoms with Gasteiger partial charge in [0.2, 0.25) is 0 Å². The Hall–Kier alpha value is -1.04. The molecule has 0 heterocycles. The summed E-state index contributed by atoms with van der Waals surface area (Å²) < 4.78 is 0. The third-order valence-corrected chi connectivity index (χ3v) is 4.08. The zero-order chi connectivity index (χ0) is 16.3. The Morgan fingerprint density at radius 2 is 1.64 bits per heavy atom. The molecule has 0 unspecified atom stereocenters. The molecule has 2 N–H and O–H groups in total. The first-order valence-electron chi connectivity index (χ1n) is 5.89. The maximum absolute atomic E-state index is 12.1. The monoisotopic (exact) mass is 392 g/mol. The number of anilines is 1. The third-order valence-electron chi connectivity index (χ3n) is 2.59. The van der Waals surface area contributed by atoms with Gasteiger partial charge in [-0.15, -0.1) is 0 Å². The third kappa shape index (κ3) is 4.48. The smallest absolute Gasteiger partial charge is 0.257 e. The van der Waals surface area contributed by atoms with Crippen molar-refractivity contribution in [2.75, 3.05) is 5.32 Å². The Bertz CT molecular complexity index is 752. The first-order chi connectivity index (χ1) is 10.4. The van der Waals surface area contributed by atoms with E-state index in [-0.39, 0.29) is 10.1 Å². The summed E-state index contributed by atoms with van der Waals surface area (Å²) in [5.41, 5.74) is 0.867. The molecule has 114 valence electrons. The molecule has 0 radical (unpaired) electrons. The molecule has 22 heavy (non-hydrogen) atoms. The van der Waals surface area contributed by atoms with Gasteiger partial charge < -0.3 is 5.32 Å². The zero-order valence-corrected chi connectivity index (χ0v) is 14.6. The summed E-state index contributed by atoms with van der Waals surface area (Å²) in [5, 5.41) is 6.98. The number of hydrogen-bond acceptors (Lipinski definition) is 2. The van der Waals surface area contributed by atoms with E-state index in [1.165, 1.54) is 12.1 Å². The van der Waals surface area contributed by atoms with Crippen molar-refractivity contribution in [2.24, 2.45) is 0 Å². The van der Waals surface area contributed by atoms with Gasteiger partial charge in [-0.25, -0.2) is 0 Å². The first kappa shape index (κ1) is 17.3. The fraction of sp³-hybridized carbons (Fsp3) is 0. The molecule has 2 aromatic carbocycles. The molecule has 0 aliphatic carbocycles. The van der Waals surface area contributed by atoms with Gasteiger partial charge in [-0.05, 0) is 48.6 Å². The fourth-order valence-electron chi connectivity index (χ4n) is 1.56. The van der Waals surface area contributed by atoms with Crippen LogP contribution in [-0.2, 0) is 0 Å². The van der Waals surface area contributed by atoms with E-state index in [9.17, 15) is 4.79 Å². The van der Waals surface area contributed by atoms with Crippen LogP contribution in [0.1, 0.15) is 10.4 Å². The molecule has 8 heteroatoms. The van der Waals surface area contributed by atoms with Crippen molar-refractivity contribution in [3.8, 4) is 0 Å². The van der Waals surface area contributed by atoms with Crippen molar-refractivity contribution in [1.82, 2.24) is 5.32 Å². The second kappa shape index (κ2) is 7.49. The van der Waals surface area contributed by atoms with E-state index in [1.54, 1.807) is 24.3 Å². The normalized spacial score (nSPS) is 10.2. The number of nitrogens with one attached hydrogen (secondary N) is 2. The number of rotatable bonds is 2. The van der Waals surface area contributed by atoms with E-state index in [2.05, 4.69) is 10.6 Å². The lowest BCUT2D eigenvalue weighted by Gasteiger charge is -2.11. The van der Waals surface area contributed by atoms with Crippen molar-refractivity contribution in [3.05, 3.63) is 62.1 Å². The van der Waals surface area contributed by atoms with Gasteiger partial charge in [0.05, 0.1) is 20.8 Å². The minimum atomic E-state index is -0.416. The van der Waals surface area contributed by atoms with Crippen molar-refractivity contribution in [2.45, 2.75) is 0 Å². The van der Waals surface area contributed by atoms with Gasteiger partial charge in [0.15, 0.2) is 5.11 Å². The van der Waals surface area contributed by atoms with Crippen LogP contribution < -0.4 is 10.6 Å². The minimum absolute atomic E-state index is 0.0975. The number of hydrogen-bond donors (Lipinski definition) is 2. The number of halogens is 4. The van der Waals surface area contributed by atoms with Gasteiger partial charge in [-0.3, -0.25) is 10.1 Å². The zero-order valence-electron chi connectivity index (χ0n) is 10.8. The van der Waals surface area contributed by atoms with E-state index in [4.69, 9.17) is 58.6 Å². The Morgan fingerprint density at radius 1 is 0.909 bits per heavy atom. The van der Waals surface area contributed by atoms with Crippen LogP contribution >= 0.6 is 58.6 Å². The average molecular weight is 394 g/mol. The molecule has 0 saturated heterocycles. The largest absolute Gasteiger partial charge is 0.331 e. The second-order valence-electron chi connectivity index (χ2n) is 4.16. The molecule has 0 fully saturated rings. The van der Waals surface area contributed by atoms with Gasteiger partial charge in [-0.1, -0.05) is 46.4 Å². The van der Waals surface area contributed by atoms with Crippen LogP contribution in [0.3, 0.4) is 0 Å². The highest BCUT2D eigenvalue weighted by Gasteiger charge is 2.11. The summed E-state index contributed by atoms with van der Waals surface area (Å²) in [6.45, 7) is 0. The summed E-state index contributed by atoms with van der Waals surface area (Å²) in [4.78, 5) is 12.1. The summed E-state index contributed by atoms with van der Waals surface area (Å²) in [6.07, 6.45) is 0. The number of thiocarbonyl (C=S) groups is 1. The molecule has 0 spiro atoms. The van der Waals surface area contributed by atoms with Crippen LogP contribution in [0.2, 0.25) is 20.1 Å². The van der Waals surface area contributed by atoms with Crippen LogP contribution in [0.25, 0.3) is 0 Å². The van der Waals surface area contributed by atoms with E-state index in [0.717, 1.165) is 0 Å². The number of amides is 1. The molecule has 2 aromatic rings. The summed E-state index contributed by atoms with van der Waals surface area (Å²) in [5.74, 6) is -0.416. The molecular formula is C14H8Cl4N2OS. The predicted molar refractivity (Wildman–Crippen MR) is 96.6 cm³/mol. The average Bonchev–Trinajstić information content (AvgIpc) is 2.45. The summed E-state index contributed by atoms with van der Waals surface area (Å²) >= 11 is 28.6. The molecule has 0 bridgehead atoms. The van der Waals surface area contributed by atoms with Gasteiger partial charge in [0.1, 0.15) is 0 Å². The van der Waals surface area contributed by atoms with Crippen molar-refractivity contribution < 1.29 is 4.79 Å². The van der Waals surface area contributed by atoms with Gasteiger partial charge in [0, 0.05) is 10.6 Å². The second-order valence-corrected chi connectivity index (χ2v) is 6.23. The highest BCUT2D eigenvalue weighted by atomic mass is 35.5.